The molecule has 1 aliphatic rings. The Bertz CT molecular complexity index is 1340. The van der Waals surface area contributed by atoms with Crippen LogP contribution < -0.4 is 9.80 Å². The number of hydrogen-bond acceptors (Lipinski definition) is 7. The predicted molar refractivity (Wildman–Crippen MR) is 124 cm³/mol. The number of carbonyl (C=O) groups is 2. The SMILES string of the molecule is Cc1nn(-c2ccc(F)cc2)c(Cl)c1C(=O)OCC(=O)C(C#N)=C1N(C)c2ccccc2N1C. The number of aryl methyl sites for hydroxylation is 1. The molecular formula is C24H19ClFN5O3. The predicted octanol–water partition coefficient (Wildman–Crippen LogP) is 4.02. The van der Waals surface area contributed by atoms with Crippen molar-refractivity contribution in [2.45, 2.75) is 6.92 Å². The summed E-state index contributed by atoms with van der Waals surface area (Å²) in [6, 6.07) is 14.8. The first-order chi connectivity index (χ1) is 16.2. The lowest BCUT2D eigenvalue weighted by Crippen LogP contribution is -2.28. The van der Waals surface area contributed by atoms with Crippen LogP contribution in [0.15, 0.2) is 59.9 Å². The van der Waals surface area contributed by atoms with Gasteiger partial charge in [0.1, 0.15) is 34.0 Å². The van der Waals surface area contributed by atoms with Crippen LogP contribution in [0.1, 0.15) is 16.1 Å². The van der Waals surface area contributed by atoms with Crippen LogP contribution in [0.3, 0.4) is 0 Å². The second kappa shape index (κ2) is 9.00. The highest BCUT2D eigenvalue weighted by molar-refractivity contribution is 6.33. The Balaban J connectivity index is 1.55. The van der Waals surface area contributed by atoms with Crippen LogP contribution in [0.25, 0.3) is 5.69 Å². The zero-order valence-electron chi connectivity index (χ0n) is 18.5. The second-order valence-electron chi connectivity index (χ2n) is 7.56. The van der Waals surface area contributed by atoms with Crippen molar-refractivity contribution in [3.05, 3.63) is 82.2 Å². The van der Waals surface area contributed by atoms with Gasteiger partial charge in [-0.05, 0) is 43.3 Å². The van der Waals surface area contributed by atoms with Gasteiger partial charge in [-0.3, -0.25) is 4.79 Å². The molecule has 0 N–H and O–H groups in total. The number of nitriles is 1. The molecule has 34 heavy (non-hydrogen) atoms. The molecule has 0 fully saturated rings. The van der Waals surface area contributed by atoms with Crippen LogP contribution in [0, 0.1) is 24.1 Å². The first-order valence-electron chi connectivity index (χ1n) is 10.2. The Hall–Kier alpha value is -4.16. The molecule has 1 aromatic heterocycles. The van der Waals surface area contributed by atoms with Gasteiger partial charge in [0.25, 0.3) is 0 Å². The molecular weight excluding hydrogens is 461 g/mol. The summed E-state index contributed by atoms with van der Waals surface area (Å²) in [4.78, 5) is 29.1. The molecule has 0 spiro atoms. The van der Waals surface area contributed by atoms with Crippen LogP contribution in [-0.2, 0) is 9.53 Å². The Morgan fingerprint density at radius 2 is 1.68 bits per heavy atom. The largest absolute Gasteiger partial charge is 0.454 e. The van der Waals surface area contributed by atoms with Crippen molar-refractivity contribution < 1.29 is 18.7 Å². The number of rotatable bonds is 5. The average Bonchev–Trinajstić information content (AvgIpc) is 3.26. The summed E-state index contributed by atoms with van der Waals surface area (Å²) in [5.41, 5.74) is 2.25. The minimum Gasteiger partial charge on any atom is -0.454 e. The average molecular weight is 480 g/mol. The summed E-state index contributed by atoms with van der Waals surface area (Å²) in [7, 11) is 3.50. The molecule has 2 aromatic carbocycles. The smallest absolute Gasteiger partial charge is 0.343 e. The van der Waals surface area contributed by atoms with Crippen molar-refractivity contribution in [1.82, 2.24) is 9.78 Å². The number of Topliss-reactive ketones (excluding diaryl/α,β-unsaturated/α-hetero) is 1. The standard InChI is InChI=1S/C24H19ClFN5O3/c1-14-21(22(25)31(28-14)16-10-8-15(26)9-11-16)24(33)34-13-20(32)17(12-27)23-29(2)18-6-4-5-7-19(18)30(23)3/h4-11H,13H2,1-3H3. The maximum absolute atomic E-state index is 13.2. The molecule has 0 unspecified atom stereocenters. The molecule has 0 saturated carbocycles. The Labute approximate surface area is 200 Å². The fourth-order valence-electron chi connectivity index (χ4n) is 3.82. The highest BCUT2D eigenvalue weighted by Gasteiger charge is 2.32. The van der Waals surface area contributed by atoms with Gasteiger partial charge in [0, 0.05) is 14.1 Å². The Morgan fingerprint density at radius 3 is 2.24 bits per heavy atom. The van der Waals surface area contributed by atoms with E-state index in [4.69, 9.17) is 16.3 Å². The van der Waals surface area contributed by atoms with Crippen LogP contribution in [0.5, 0.6) is 0 Å². The number of benzene rings is 2. The molecule has 8 nitrogen and oxygen atoms in total. The number of esters is 1. The van der Waals surface area contributed by atoms with Gasteiger partial charge in [-0.15, -0.1) is 0 Å². The lowest BCUT2D eigenvalue weighted by molar-refractivity contribution is -0.118. The summed E-state index contributed by atoms with van der Waals surface area (Å²) in [5.74, 6) is -1.55. The number of nitrogens with zero attached hydrogens (tertiary/aromatic N) is 5. The minimum atomic E-state index is -0.858. The van der Waals surface area contributed by atoms with Gasteiger partial charge < -0.3 is 14.5 Å². The number of para-hydroxylation sites is 2. The number of fused-ring (bicyclic) bond motifs is 1. The molecule has 0 saturated heterocycles. The number of hydrogen-bond donors (Lipinski definition) is 0. The fourth-order valence-corrected chi connectivity index (χ4v) is 4.17. The highest BCUT2D eigenvalue weighted by atomic mass is 35.5. The monoisotopic (exact) mass is 479 g/mol. The lowest BCUT2D eigenvalue weighted by atomic mass is 10.2. The Kier molecular flexibility index (Phi) is 6.09. The van der Waals surface area contributed by atoms with Crippen molar-refractivity contribution >= 4 is 34.7 Å². The quantitative estimate of drug-likeness (QED) is 0.310. The van der Waals surface area contributed by atoms with Crippen molar-refractivity contribution in [1.29, 1.82) is 5.26 Å². The number of halogens is 2. The maximum atomic E-state index is 13.2. The number of carbonyl (C=O) groups excluding carboxylic acids is 2. The van der Waals surface area contributed by atoms with Crippen LogP contribution in [-0.4, -0.2) is 42.2 Å². The van der Waals surface area contributed by atoms with Crippen molar-refractivity contribution in [2.75, 3.05) is 30.5 Å². The molecule has 0 radical (unpaired) electrons. The van der Waals surface area contributed by atoms with E-state index in [1.54, 1.807) is 30.8 Å². The van der Waals surface area contributed by atoms with Crippen molar-refractivity contribution in [2.24, 2.45) is 0 Å². The first-order valence-corrected chi connectivity index (χ1v) is 10.5. The topological polar surface area (TPSA) is 91.5 Å². The molecule has 4 rings (SSSR count). The van der Waals surface area contributed by atoms with E-state index in [1.807, 2.05) is 30.3 Å². The lowest BCUT2D eigenvalue weighted by Gasteiger charge is -2.19. The number of ketones is 1. The maximum Gasteiger partial charge on any atom is 0.343 e. The number of aromatic nitrogens is 2. The number of anilines is 2. The van der Waals surface area contributed by atoms with E-state index >= 15 is 0 Å². The van der Waals surface area contributed by atoms with Crippen molar-refractivity contribution in [3.8, 4) is 11.8 Å². The molecule has 0 bridgehead atoms. The molecule has 0 atom stereocenters. The summed E-state index contributed by atoms with van der Waals surface area (Å²) in [5, 5.41) is 13.9. The van der Waals surface area contributed by atoms with Gasteiger partial charge in [-0.1, -0.05) is 23.7 Å². The molecule has 1 aliphatic heterocycles. The van der Waals surface area contributed by atoms with Gasteiger partial charge in [0.05, 0.1) is 22.8 Å². The van der Waals surface area contributed by atoms with Gasteiger partial charge in [0.2, 0.25) is 5.78 Å². The van der Waals surface area contributed by atoms with E-state index in [0.29, 0.717) is 11.5 Å². The molecule has 10 heteroatoms. The fraction of sp³-hybridized carbons (Fsp3) is 0.167. The van der Waals surface area contributed by atoms with E-state index in [9.17, 15) is 19.2 Å². The van der Waals surface area contributed by atoms with Crippen LogP contribution >= 0.6 is 11.6 Å². The summed E-state index contributed by atoms with van der Waals surface area (Å²) in [6.07, 6.45) is 0. The van der Waals surface area contributed by atoms with Crippen molar-refractivity contribution in [3.63, 3.8) is 0 Å². The van der Waals surface area contributed by atoms with Gasteiger partial charge >= 0.3 is 5.97 Å². The highest BCUT2D eigenvalue weighted by Crippen LogP contribution is 2.40. The minimum absolute atomic E-state index is 0.0209. The third-order valence-corrected chi connectivity index (χ3v) is 5.82. The van der Waals surface area contributed by atoms with E-state index in [2.05, 4.69) is 5.10 Å². The van der Waals surface area contributed by atoms with E-state index < -0.39 is 24.2 Å². The molecule has 0 amide bonds. The Morgan fingerprint density at radius 1 is 1.09 bits per heavy atom. The third kappa shape index (κ3) is 3.89. The summed E-state index contributed by atoms with van der Waals surface area (Å²) >= 11 is 6.34. The van der Waals surface area contributed by atoms with E-state index in [-0.39, 0.29) is 22.0 Å². The van der Waals surface area contributed by atoms with Crippen LogP contribution in [0.2, 0.25) is 5.15 Å². The normalized spacial score (nSPS) is 12.4. The van der Waals surface area contributed by atoms with E-state index in [0.717, 1.165) is 11.4 Å². The molecule has 3 aromatic rings. The zero-order chi connectivity index (χ0) is 24.6. The molecule has 2 heterocycles. The van der Waals surface area contributed by atoms with E-state index in [1.165, 1.54) is 28.9 Å². The van der Waals surface area contributed by atoms with Crippen LogP contribution in [0.4, 0.5) is 15.8 Å². The zero-order valence-corrected chi connectivity index (χ0v) is 19.3. The van der Waals surface area contributed by atoms with Gasteiger partial charge in [0.15, 0.2) is 6.61 Å². The van der Waals surface area contributed by atoms with Gasteiger partial charge in [-0.2, -0.15) is 10.4 Å². The molecule has 172 valence electrons. The second-order valence-corrected chi connectivity index (χ2v) is 7.91. The number of ether oxygens (including phenoxy) is 1. The van der Waals surface area contributed by atoms with Gasteiger partial charge in [-0.25, -0.2) is 13.9 Å². The third-order valence-electron chi connectivity index (χ3n) is 5.47. The first kappa shape index (κ1) is 23.0. The molecule has 0 aliphatic carbocycles. The summed E-state index contributed by atoms with van der Waals surface area (Å²) in [6.45, 7) is 0.910. The summed E-state index contributed by atoms with van der Waals surface area (Å²) < 4.78 is 19.7.